The molecule has 0 atom stereocenters. The molecule has 0 aliphatic rings. The fraction of sp³-hybridized carbons (Fsp3) is 0.214. The molecule has 0 bridgehead atoms. The summed E-state index contributed by atoms with van der Waals surface area (Å²) in [6.07, 6.45) is -4.55. The first-order chi connectivity index (χ1) is 11.3. The van der Waals surface area contributed by atoms with Crippen molar-refractivity contribution in [3.05, 3.63) is 41.7 Å². The van der Waals surface area contributed by atoms with Crippen molar-refractivity contribution in [2.45, 2.75) is 13.1 Å². The first-order valence-electron chi connectivity index (χ1n) is 6.70. The Bertz CT molecular complexity index is 729. The van der Waals surface area contributed by atoms with E-state index >= 15 is 0 Å². The Balaban J connectivity index is 2.03. The Kier molecular flexibility index (Phi) is 5.07. The van der Waals surface area contributed by atoms with E-state index in [1.165, 1.54) is 6.92 Å². The largest absolute Gasteiger partial charge is 0.405 e. The van der Waals surface area contributed by atoms with Gasteiger partial charge in [-0.3, -0.25) is 10.2 Å². The van der Waals surface area contributed by atoms with E-state index in [0.29, 0.717) is 5.56 Å². The number of carbonyl (C=O) groups excluding carboxylic acids is 2. The molecule has 1 heterocycles. The van der Waals surface area contributed by atoms with E-state index < -0.39 is 24.7 Å². The zero-order valence-corrected chi connectivity index (χ0v) is 12.4. The van der Waals surface area contributed by atoms with Crippen molar-refractivity contribution in [1.29, 1.82) is 0 Å². The third kappa shape index (κ3) is 4.48. The Morgan fingerprint density at radius 3 is 2.46 bits per heavy atom. The van der Waals surface area contributed by atoms with Gasteiger partial charge in [0.1, 0.15) is 23.6 Å². The number of hydrogen-bond acceptors (Lipinski definition) is 4. The molecule has 2 aromatic rings. The highest BCUT2D eigenvalue weighted by Gasteiger charge is 2.28. The van der Waals surface area contributed by atoms with Gasteiger partial charge in [0.15, 0.2) is 0 Å². The van der Waals surface area contributed by atoms with Crippen LogP contribution in [-0.2, 0) is 0 Å². The minimum absolute atomic E-state index is 0.0670. The summed E-state index contributed by atoms with van der Waals surface area (Å²) in [5.41, 5.74) is 4.77. The number of aryl methyl sites for hydroxylation is 1. The van der Waals surface area contributed by atoms with Crippen molar-refractivity contribution in [3.63, 3.8) is 0 Å². The molecule has 128 valence electrons. The van der Waals surface area contributed by atoms with Gasteiger partial charge in [-0.2, -0.15) is 13.2 Å². The van der Waals surface area contributed by atoms with Gasteiger partial charge in [0.25, 0.3) is 5.91 Å². The van der Waals surface area contributed by atoms with Crippen LogP contribution >= 0.6 is 0 Å². The van der Waals surface area contributed by atoms with Crippen molar-refractivity contribution in [1.82, 2.24) is 21.3 Å². The highest BCUT2D eigenvalue weighted by atomic mass is 19.4. The summed E-state index contributed by atoms with van der Waals surface area (Å²) >= 11 is 0. The van der Waals surface area contributed by atoms with Crippen molar-refractivity contribution in [2.75, 3.05) is 6.54 Å². The van der Waals surface area contributed by atoms with Crippen LogP contribution in [-0.4, -0.2) is 29.8 Å². The normalized spacial score (nSPS) is 11.0. The second-order valence-electron chi connectivity index (χ2n) is 4.71. The molecule has 0 unspecified atom stereocenters. The van der Waals surface area contributed by atoms with Crippen LogP contribution < -0.4 is 16.2 Å². The van der Waals surface area contributed by atoms with E-state index in [4.69, 9.17) is 4.52 Å². The van der Waals surface area contributed by atoms with E-state index in [9.17, 15) is 22.8 Å². The summed E-state index contributed by atoms with van der Waals surface area (Å²) < 4.78 is 40.9. The molecule has 0 radical (unpaired) electrons. The molecule has 24 heavy (non-hydrogen) atoms. The monoisotopic (exact) mass is 342 g/mol. The number of aromatic nitrogens is 1. The average Bonchev–Trinajstić information content (AvgIpc) is 2.92. The molecule has 0 spiro atoms. The van der Waals surface area contributed by atoms with Gasteiger partial charge in [0.2, 0.25) is 0 Å². The zero-order chi connectivity index (χ0) is 17.7. The van der Waals surface area contributed by atoms with Gasteiger partial charge in [0.05, 0.1) is 0 Å². The smallest absolute Gasteiger partial charge is 0.360 e. The van der Waals surface area contributed by atoms with Gasteiger partial charge in [-0.25, -0.2) is 10.2 Å². The second-order valence-corrected chi connectivity index (χ2v) is 4.71. The number of urea groups is 1. The fourth-order valence-corrected chi connectivity index (χ4v) is 1.83. The van der Waals surface area contributed by atoms with Crippen LogP contribution in [0.4, 0.5) is 18.0 Å². The first kappa shape index (κ1) is 17.3. The summed E-state index contributed by atoms with van der Waals surface area (Å²) in [6.45, 7) is -0.0195. The molecular formula is C14H13F3N4O3. The average molecular weight is 342 g/mol. The summed E-state index contributed by atoms with van der Waals surface area (Å²) in [5.74, 6) is -0.571. The van der Waals surface area contributed by atoms with Crippen molar-refractivity contribution >= 4 is 11.9 Å². The number of rotatable bonds is 3. The van der Waals surface area contributed by atoms with E-state index in [1.807, 2.05) is 10.9 Å². The molecule has 0 saturated carbocycles. The van der Waals surface area contributed by atoms with E-state index in [1.54, 1.807) is 35.6 Å². The number of hydrazine groups is 1. The first-order valence-corrected chi connectivity index (χ1v) is 6.70. The van der Waals surface area contributed by atoms with Crippen LogP contribution in [0.3, 0.4) is 0 Å². The van der Waals surface area contributed by atoms with E-state index in [0.717, 1.165) is 0 Å². The molecule has 10 heteroatoms. The molecule has 0 aliphatic heterocycles. The predicted molar refractivity (Wildman–Crippen MR) is 76.7 cm³/mol. The van der Waals surface area contributed by atoms with Crippen molar-refractivity contribution in [3.8, 4) is 11.3 Å². The van der Waals surface area contributed by atoms with E-state index in [-0.39, 0.29) is 17.0 Å². The van der Waals surface area contributed by atoms with Gasteiger partial charge in [-0.1, -0.05) is 35.5 Å². The number of carbonyl (C=O) groups is 2. The molecule has 0 aliphatic carbocycles. The van der Waals surface area contributed by atoms with E-state index in [2.05, 4.69) is 5.16 Å². The van der Waals surface area contributed by atoms with Gasteiger partial charge < -0.3 is 9.84 Å². The number of alkyl halides is 3. The Morgan fingerprint density at radius 2 is 1.83 bits per heavy atom. The van der Waals surface area contributed by atoms with Crippen LogP contribution in [0.5, 0.6) is 0 Å². The molecule has 1 aromatic carbocycles. The number of nitrogens with one attached hydrogen (secondary N) is 3. The molecule has 0 fully saturated rings. The second kappa shape index (κ2) is 7.02. The number of nitrogens with zero attached hydrogens (tertiary/aromatic N) is 1. The summed E-state index contributed by atoms with van der Waals surface area (Å²) in [5, 5.41) is 5.35. The van der Waals surface area contributed by atoms with Gasteiger partial charge >= 0.3 is 12.2 Å². The van der Waals surface area contributed by atoms with Crippen LogP contribution in [0, 0.1) is 6.92 Å². The topological polar surface area (TPSA) is 96.3 Å². The molecular weight excluding hydrogens is 329 g/mol. The minimum atomic E-state index is -4.55. The lowest BCUT2D eigenvalue weighted by Crippen LogP contribution is -2.49. The maximum Gasteiger partial charge on any atom is 0.405 e. The summed E-state index contributed by atoms with van der Waals surface area (Å²) in [6, 6.07) is 7.47. The van der Waals surface area contributed by atoms with Crippen LogP contribution in [0.25, 0.3) is 11.3 Å². The van der Waals surface area contributed by atoms with Crippen LogP contribution in [0.15, 0.2) is 34.9 Å². The number of hydrogen-bond donors (Lipinski definition) is 3. The number of halogens is 3. The Hall–Kier alpha value is -3.04. The SMILES string of the molecule is Cc1onc(-c2ccccc2)c1C(=O)NNC(=O)NCC(F)(F)F. The lowest BCUT2D eigenvalue weighted by Gasteiger charge is -2.10. The maximum absolute atomic E-state index is 12.2. The lowest BCUT2D eigenvalue weighted by atomic mass is 10.1. The fourth-order valence-electron chi connectivity index (χ4n) is 1.83. The third-order valence-corrected chi connectivity index (χ3v) is 2.88. The van der Waals surface area contributed by atoms with Gasteiger partial charge in [-0.05, 0) is 6.92 Å². The highest BCUT2D eigenvalue weighted by Crippen LogP contribution is 2.24. The van der Waals surface area contributed by atoms with Crippen molar-refractivity contribution < 1.29 is 27.3 Å². The third-order valence-electron chi connectivity index (χ3n) is 2.88. The summed E-state index contributed by atoms with van der Waals surface area (Å²) in [7, 11) is 0. The molecule has 7 nitrogen and oxygen atoms in total. The Labute approximate surface area is 134 Å². The molecule has 0 saturated heterocycles. The Morgan fingerprint density at radius 1 is 1.17 bits per heavy atom. The molecule has 2 rings (SSSR count). The van der Waals surface area contributed by atoms with Crippen LogP contribution in [0.2, 0.25) is 0 Å². The number of amides is 3. The molecule has 3 amide bonds. The van der Waals surface area contributed by atoms with Crippen LogP contribution in [0.1, 0.15) is 16.1 Å². The summed E-state index contributed by atoms with van der Waals surface area (Å²) in [4.78, 5) is 23.4. The molecule has 1 aromatic heterocycles. The quantitative estimate of drug-likeness (QED) is 0.745. The van der Waals surface area contributed by atoms with Crippen molar-refractivity contribution in [2.24, 2.45) is 0 Å². The van der Waals surface area contributed by atoms with Gasteiger partial charge in [-0.15, -0.1) is 0 Å². The standard InChI is InChI=1S/C14H13F3N4O3/c1-8-10(11(21-24-8)9-5-3-2-4-6-9)12(22)19-20-13(23)18-7-14(15,16)17/h2-6H,7H2,1H3,(H,19,22)(H2,18,20,23). The predicted octanol–water partition coefficient (Wildman–Crippen LogP) is 2.16. The lowest BCUT2D eigenvalue weighted by molar-refractivity contribution is -0.122. The van der Waals surface area contributed by atoms with Gasteiger partial charge in [0, 0.05) is 5.56 Å². The minimum Gasteiger partial charge on any atom is -0.360 e. The zero-order valence-electron chi connectivity index (χ0n) is 12.4. The maximum atomic E-state index is 12.2. The molecule has 3 N–H and O–H groups in total. The number of benzene rings is 1. The highest BCUT2D eigenvalue weighted by molar-refractivity contribution is 6.01.